The lowest BCUT2D eigenvalue weighted by Crippen LogP contribution is -2.03. The summed E-state index contributed by atoms with van der Waals surface area (Å²) in [6, 6.07) is 15.4. The SMILES string of the molecule is Cc1ccc(Nc2nncc(Nc3ccccc3C#N)n2)cc1C. The molecule has 6 heteroatoms. The van der Waals surface area contributed by atoms with Gasteiger partial charge in [0.15, 0.2) is 5.82 Å². The van der Waals surface area contributed by atoms with Crippen molar-refractivity contribution in [3.05, 3.63) is 65.4 Å². The van der Waals surface area contributed by atoms with Crippen molar-refractivity contribution in [3.8, 4) is 6.07 Å². The van der Waals surface area contributed by atoms with Crippen LogP contribution in [0.15, 0.2) is 48.7 Å². The minimum Gasteiger partial charge on any atom is -0.338 e. The van der Waals surface area contributed by atoms with Gasteiger partial charge in [0.2, 0.25) is 5.95 Å². The lowest BCUT2D eigenvalue weighted by Gasteiger charge is -2.09. The van der Waals surface area contributed by atoms with Gasteiger partial charge in [0.1, 0.15) is 6.07 Å². The van der Waals surface area contributed by atoms with Crippen LogP contribution < -0.4 is 10.6 Å². The van der Waals surface area contributed by atoms with Crippen LogP contribution in [0, 0.1) is 25.2 Å². The van der Waals surface area contributed by atoms with Crippen LogP contribution in [0.4, 0.5) is 23.1 Å². The van der Waals surface area contributed by atoms with Crippen LogP contribution in [-0.4, -0.2) is 15.2 Å². The summed E-state index contributed by atoms with van der Waals surface area (Å²) < 4.78 is 0. The first-order valence-corrected chi connectivity index (χ1v) is 7.46. The van der Waals surface area contributed by atoms with Crippen molar-refractivity contribution in [2.75, 3.05) is 10.6 Å². The highest BCUT2D eigenvalue weighted by Crippen LogP contribution is 2.20. The number of benzene rings is 2. The van der Waals surface area contributed by atoms with Crippen molar-refractivity contribution in [2.45, 2.75) is 13.8 Å². The topological polar surface area (TPSA) is 86.5 Å². The molecule has 0 atom stereocenters. The van der Waals surface area contributed by atoms with E-state index in [4.69, 9.17) is 5.26 Å². The van der Waals surface area contributed by atoms with Gasteiger partial charge < -0.3 is 10.6 Å². The standard InChI is InChI=1S/C18H16N6/c1-12-7-8-15(9-13(12)2)21-18-23-17(11-20-24-18)22-16-6-4-3-5-14(16)10-19/h3-9,11H,1-2H3,(H2,21,22,23,24). The van der Waals surface area contributed by atoms with E-state index in [9.17, 15) is 0 Å². The van der Waals surface area contributed by atoms with Gasteiger partial charge in [-0.05, 0) is 49.2 Å². The van der Waals surface area contributed by atoms with Crippen LogP contribution in [0.25, 0.3) is 0 Å². The monoisotopic (exact) mass is 316 g/mol. The second kappa shape index (κ2) is 6.75. The average molecular weight is 316 g/mol. The number of aryl methyl sites for hydroxylation is 2. The lowest BCUT2D eigenvalue weighted by atomic mass is 10.1. The molecule has 0 aliphatic carbocycles. The fraction of sp³-hybridized carbons (Fsp3) is 0.111. The summed E-state index contributed by atoms with van der Waals surface area (Å²) in [5.74, 6) is 0.900. The summed E-state index contributed by atoms with van der Waals surface area (Å²) in [4.78, 5) is 4.39. The van der Waals surface area contributed by atoms with E-state index in [0.717, 1.165) is 5.69 Å². The number of nitrogens with zero attached hydrogens (tertiary/aromatic N) is 4. The molecule has 0 saturated carbocycles. The van der Waals surface area contributed by atoms with Gasteiger partial charge >= 0.3 is 0 Å². The van der Waals surface area contributed by atoms with E-state index in [-0.39, 0.29) is 0 Å². The molecule has 0 aliphatic heterocycles. The third-order valence-corrected chi connectivity index (χ3v) is 3.63. The molecule has 3 aromatic rings. The van der Waals surface area contributed by atoms with E-state index in [1.807, 2.05) is 36.4 Å². The Hall–Kier alpha value is -3.46. The summed E-state index contributed by atoms with van der Waals surface area (Å²) in [5, 5.41) is 23.3. The maximum atomic E-state index is 9.14. The zero-order chi connectivity index (χ0) is 16.9. The van der Waals surface area contributed by atoms with Gasteiger partial charge in [0.05, 0.1) is 17.4 Å². The largest absolute Gasteiger partial charge is 0.338 e. The Balaban J connectivity index is 1.81. The van der Waals surface area contributed by atoms with E-state index in [0.29, 0.717) is 23.0 Å². The molecule has 24 heavy (non-hydrogen) atoms. The Kier molecular flexibility index (Phi) is 4.34. The third-order valence-electron chi connectivity index (χ3n) is 3.63. The zero-order valence-electron chi connectivity index (χ0n) is 13.4. The molecular weight excluding hydrogens is 300 g/mol. The van der Waals surface area contributed by atoms with Gasteiger partial charge in [-0.3, -0.25) is 0 Å². The maximum Gasteiger partial charge on any atom is 0.249 e. The number of hydrogen-bond acceptors (Lipinski definition) is 6. The van der Waals surface area contributed by atoms with Crippen LogP contribution in [-0.2, 0) is 0 Å². The molecule has 0 bridgehead atoms. The maximum absolute atomic E-state index is 9.14. The number of nitrogens with one attached hydrogen (secondary N) is 2. The van der Waals surface area contributed by atoms with Crippen LogP contribution in [0.5, 0.6) is 0 Å². The number of rotatable bonds is 4. The fourth-order valence-electron chi connectivity index (χ4n) is 2.19. The molecule has 2 N–H and O–H groups in total. The highest BCUT2D eigenvalue weighted by Gasteiger charge is 2.05. The summed E-state index contributed by atoms with van der Waals surface area (Å²) in [6.07, 6.45) is 1.51. The molecule has 0 amide bonds. The van der Waals surface area contributed by atoms with Crippen molar-refractivity contribution in [1.82, 2.24) is 15.2 Å². The molecule has 1 heterocycles. The number of aromatic nitrogens is 3. The predicted molar refractivity (Wildman–Crippen MR) is 93.5 cm³/mol. The predicted octanol–water partition coefficient (Wildman–Crippen LogP) is 3.85. The Morgan fingerprint density at radius 1 is 1.00 bits per heavy atom. The van der Waals surface area contributed by atoms with Gasteiger partial charge in [0, 0.05) is 5.69 Å². The average Bonchev–Trinajstić information content (AvgIpc) is 2.59. The Bertz CT molecular complexity index is 913. The molecular formula is C18H16N6. The highest BCUT2D eigenvalue weighted by atomic mass is 15.3. The van der Waals surface area contributed by atoms with Crippen LogP contribution in [0.2, 0.25) is 0 Å². The highest BCUT2D eigenvalue weighted by molar-refractivity contribution is 5.65. The van der Waals surface area contributed by atoms with Crippen molar-refractivity contribution < 1.29 is 0 Å². The molecule has 0 radical (unpaired) electrons. The van der Waals surface area contributed by atoms with Gasteiger partial charge in [-0.1, -0.05) is 18.2 Å². The molecule has 2 aromatic carbocycles. The van der Waals surface area contributed by atoms with Crippen molar-refractivity contribution in [1.29, 1.82) is 5.26 Å². The molecule has 1 aromatic heterocycles. The van der Waals surface area contributed by atoms with Gasteiger partial charge in [-0.15, -0.1) is 5.10 Å². The zero-order valence-corrected chi connectivity index (χ0v) is 13.4. The van der Waals surface area contributed by atoms with Gasteiger partial charge in [0.25, 0.3) is 0 Å². The number of hydrogen-bond donors (Lipinski definition) is 2. The molecule has 0 spiro atoms. The lowest BCUT2D eigenvalue weighted by molar-refractivity contribution is 0.982. The van der Waals surface area contributed by atoms with Gasteiger partial charge in [-0.25, -0.2) is 0 Å². The van der Waals surface area contributed by atoms with Crippen molar-refractivity contribution in [2.24, 2.45) is 0 Å². The quantitative estimate of drug-likeness (QED) is 0.760. The minimum absolute atomic E-state index is 0.387. The van der Waals surface area contributed by atoms with Gasteiger partial charge in [-0.2, -0.15) is 15.3 Å². The second-order valence-corrected chi connectivity index (χ2v) is 5.37. The first kappa shape index (κ1) is 15.4. The minimum atomic E-state index is 0.387. The Morgan fingerprint density at radius 2 is 1.83 bits per heavy atom. The van der Waals surface area contributed by atoms with E-state index >= 15 is 0 Å². The second-order valence-electron chi connectivity index (χ2n) is 5.37. The smallest absolute Gasteiger partial charge is 0.249 e. The van der Waals surface area contributed by atoms with Crippen molar-refractivity contribution >= 4 is 23.1 Å². The first-order valence-electron chi connectivity index (χ1n) is 7.46. The molecule has 0 fully saturated rings. The summed E-state index contributed by atoms with van der Waals surface area (Å²) in [6.45, 7) is 4.12. The van der Waals surface area contributed by atoms with E-state index in [1.165, 1.54) is 17.3 Å². The van der Waals surface area contributed by atoms with Crippen LogP contribution in [0.3, 0.4) is 0 Å². The molecule has 0 unspecified atom stereocenters. The molecule has 3 rings (SSSR count). The van der Waals surface area contributed by atoms with E-state index in [2.05, 4.69) is 45.7 Å². The summed E-state index contributed by atoms with van der Waals surface area (Å²) in [5.41, 5.74) is 4.53. The summed E-state index contributed by atoms with van der Waals surface area (Å²) in [7, 11) is 0. The van der Waals surface area contributed by atoms with E-state index < -0.39 is 0 Å². The van der Waals surface area contributed by atoms with Crippen molar-refractivity contribution in [3.63, 3.8) is 0 Å². The number of anilines is 4. The summed E-state index contributed by atoms with van der Waals surface area (Å²) >= 11 is 0. The number of para-hydroxylation sites is 1. The Labute approximate surface area is 140 Å². The molecule has 0 saturated heterocycles. The normalized spacial score (nSPS) is 10.0. The fourth-order valence-corrected chi connectivity index (χ4v) is 2.19. The molecule has 118 valence electrons. The third kappa shape index (κ3) is 3.47. The van der Waals surface area contributed by atoms with Crippen LogP contribution >= 0.6 is 0 Å². The Morgan fingerprint density at radius 3 is 2.62 bits per heavy atom. The molecule has 6 nitrogen and oxygen atoms in total. The van der Waals surface area contributed by atoms with E-state index in [1.54, 1.807) is 6.07 Å². The molecule has 0 aliphatic rings. The van der Waals surface area contributed by atoms with Crippen LogP contribution in [0.1, 0.15) is 16.7 Å². The number of nitriles is 1. The first-order chi connectivity index (χ1) is 11.7.